The summed E-state index contributed by atoms with van der Waals surface area (Å²) in [5.41, 5.74) is 6.14. The molecule has 1 aromatic rings. The monoisotopic (exact) mass is 283 g/mol. The molecule has 2 N–H and O–H groups in total. The number of rotatable bonds is 3. The number of ether oxygens (including phenoxy) is 1. The van der Waals surface area contributed by atoms with E-state index >= 15 is 0 Å². The molecule has 0 aliphatic carbocycles. The minimum absolute atomic E-state index is 0.0286. The summed E-state index contributed by atoms with van der Waals surface area (Å²) in [7, 11) is 0. The molecule has 1 aliphatic rings. The third-order valence-electron chi connectivity index (χ3n) is 2.92. The lowest BCUT2D eigenvalue weighted by molar-refractivity contribution is 0.0525. The van der Waals surface area contributed by atoms with Crippen LogP contribution in [0.2, 0.25) is 0 Å². The Morgan fingerprint density at radius 3 is 3.11 bits per heavy atom. The van der Waals surface area contributed by atoms with Gasteiger partial charge in [0.2, 0.25) is 5.01 Å². The van der Waals surface area contributed by atoms with Crippen molar-refractivity contribution < 1.29 is 14.3 Å². The first-order valence-corrected chi connectivity index (χ1v) is 7.17. The molecule has 0 saturated carbocycles. The Kier molecular flexibility index (Phi) is 4.49. The molecule has 1 atom stereocenters. The lowest BCUT2D eigenvalue weighted by atomic mass is 10.1. The van der Waals surface area contributed by atoms with Crippen molar-refractivity contribution in [3.63, 3.8) is 0 Å². The molecule has 2 rings (SSSR count). The highest BCUT2D eigenvalue weighted by atomic mass is 32.1. The van der Waals surface area contributed by atoms with Crippen LogP contribution >= 0.6 is 11.3 Å². The smallest absolute Gasteiger partial charge is 0.367 e. The van der Waals surface area contributed by atoms with Gasteiger partial charge in [0, 0.05) is 24.5 Å². The van der Waals surface area contributed by atoms with Gasteiger partial charge in [0.1, 0.15) is 5.69 Å². The third-order valence-corrected chi connectivity index (χ3v) is 3.74. The average Bonchev–Trinajstić information content (AvgIpc) is 2.88. The van der Waals surface area contributed by atoms with Crippen LogP contribution in [0, 0.1) is 0 Å². The second kappa shape index (κ2) is 6.12. The molecule has 19 heavy (non-hydrogen) atoms. The van der Waals surface area contributed by atoms with Crippen LogP contribution in [0.1, 0.15) is 40.1 Å². The standard InChI is InChI=1S/C12H17N3O3S/c1-2-18-12(17)10-14-9(7-19-10)11(16)15-5-3-4-8(13)6-15/h7-8H,2-6,13H2,1H3. The summed E-state index contributed by atoms with van der Waals surface area (Å²) in [6.07, 6.45) is 1.84. The number of likely N-dealkylation sites (tertiary alicyclic amines) is 1. The van der Waals surface area contributed by atoms with E-state index in [1.807, 2.05) is 0 Å². The zero-order valence-corrected chi connectivity index (χ0v) is 11.6. The van der Waals surface area contributed by atoms with Crippen molar-refractivity contribution in [2.24, 2.45) is 5.73 Å². The van der Waals surface area contributed by atoms with Crippen molar-refractivity contribution in [2.45, 2.75) is 25.8 Å². The minimum atomic E-state index is -0.484. The van der Waals surface area contributed by atoms with Gasteiger partial charge < -0.3 is 15.4 Å². The summed E-state index contributed by atoms with van der Waals surface area (Å²) < 4.78 is 4.85. The van der Waals surface area contributed by atoms with Gasteiger partial charge in [-0.1, -0.05) is 0 Å². The predicted molar refractivity (Wildman–Crippen MR) is 71.2 cm³/mol. The summed E-state index contributed by atoms with van der Waals surface area (Å²) >= 11 is 1.13. The number of esters is 1. The van der Waals surface area contributed by atoms with Gasteiger partial charge in [0.15, 0.2) is 0 Å². The predicted octanol–water partition coefficient (Wildman–Crippen LogP) is 0.883. The fourth-order valence-electron chi connectivity index (χ4n) is 2.01. The molecule has 1 aliphatic heterocycles. The number of hydrogen-bond donors (Lipinski definition) is 1. The van der Waals surface area contributed by atoms with E-state index in [-0.39, 0.29) is 17.0 Å². The Bertz CT molecular complexity index is 475. The molecule has 1 aromatic heterocycles. The molecule has 0 radical (unpaired) electrons. The summed E-state index contributed by atoms with van der Waals surface area (Å²) in [5, 5.41) is 1.81. The quantitative estimate of drug-likeness (QED) is 0.832. The number of carbonyl (C=O) groups is 2. The van der Waals surface area contributed by atoms with Gasteiger partial charge in [-0.15, -0.1) is 11.3 Å². The van der Waals surface area contributed by atoms with E-state index in [4.69, 9.17) is 10.5 Å². The maximum Gasteiger partial charge on any atom is 0.367 e. The number of aromatic nitrogens is 1. The first-order valence-electron chi connectivity index (χ1n) is 6.29. The summed E-state index contributed by atoms with van der Waals surface area (Å²) in [5.74, 6) is -0.649. The van der Waals surface area contributed by atoms with Crippen LogP contribution in [0.5, 0.6) is 0 Å². The fraction of sp³-hybridized carbons (Fsp3) is 0.583. The fourth-order valence-corrected chi connectivity index (χ4v) is 2.70. The molecule has 1 saturated heterocycles. The first-order chi connectivity index (χ1) is 9.11. The van der Waals surface area contributed by atoms with Gasteiger partial charge >= 0.3 is 5.97 Å². The van der Waals surface area contributed by atoms with Crippen molar-refractivity contribution >= 4 is 23.2 Å². The van der Waals surface area contributed by atoms with Crippen LogP contribution in [0.15, 0.2) is 5.38 Å². The Morgan fingerprint density at radius 2 is 2.42 bits per heavy atom. The number of thiazole rings is 1. The normalized spacial score (nSPS) is 19.3. The average molecular weight is 283 g/mol. The number of nitrogens with two attached hydrogens (primary N) is 1. The molecule has 2 heterocycles. The molecule has 0 aromatic carbocycles. The Morgan fingerprint density at radius 1 is 1.63 bits per heavy atom. The molecular formula is C12H17N3O3S. The van der Waals surface area contributed by atoms with Crippen LogP contribution < -0.4 is 5.73 Å². The van der Waals surface area contributed by atoms with Gasteiger partial charge in [-0.05, 0) is 19.8 Å². The Labute approximate surface area is 115 Å². The molecule has 0 bridgehead atoms. The van der Waals surface area contributed by atoms with Crippen LogP contribution in [0.3, 0.4) is 0 Å². The number of carbonyl (C=O) groups excluding carboxylic acids is 2. The lowest BCUT2D eigenvalue weighted by Crippen LogP contribution is -2.45. The lowest BCUT2D eigenvalue weighted by Gasteiger charge is -2.30. The van der Waals surface area contributed by atoms with Crippen molar-refractivity contribution in [3.05, 3.63) is 16.1 Å². The maximum atomic E-state index is 12.2. The third kappa shape index (κ3) is 3.30. The minimum Gasteiger partial charge on any atom is -0.461 e. The van der Waals surface area contributed by atoms with Gasteiger partial charge in [0.25, 0.3) is 5.91 Å². The van der Waals surface area contributed by atoms with Gasteiger partial charge in [-0.2, -0.15) is 0 Å². The Balaban J connectivity index is 2.05. The van der Waals surface area contributed by atoms with Crippen molar-refractivity contribution in [2.75, 3.05) is 19.7 Å². The van der Waals surface area contributed by atoms with Crippen molar-refractivity contribution in [1.29, 1.82) is 0 Å². The summed E-state index contributed by atoms with van der Waals surface area (Å²) in [4.78, 5) is 29.4. The zero-order chi connectivity index (χ0) is 13.8. The number of amides is 1. The van der Waals surface area contributed by atoms with Crippen LogP contribution in [0.4, 0.5) is 0 Å². The van der Waals surface area contributed by atoms with Crippen LogP contribution in [0.25, 0.3) is 0 Å². The molecule has 1 amide bonds. The second-order valence-corrected chi connectivity index (χ2v) is 5.27. The van der Waals surface area contributed by atoms with Gasteiger partial charge in [-0.25, -0.2) is 9.78 Å². The molecular weight excluding hydrogens is 266 g/mol. The van der Waals surface area contributed by atoms with Crippen molar-refractivity contribution in [1.82, 2.24) is 9.88 Å². The van der Waals surface area contributed by atoms with E-state index in [2.05, 4.69) is 4.98 Å². The number of piperidine rings is 1. The second-order valence-electron chi connectivity index (χ2n) is 4.41. The SMILES string of the molecule is CCOC(=O)c1nc(C(=O)N2CCCC(N)C2)cs1. The number of hydrogen-bond acceptors (Lipinski definition) is 6. The Hall–Kier alpha value is -1.47. The highest BCUT2D eigenvalue weighted by Crippen LogP contribution is 2.16. The van der Waals surface area contributed by atoms with E-state index in [1.165, 1.54) is 0 Å². The van der Waals surface area contributed by atoms with E-state index in [9.17, 15) is 9.59 Å². The first kappa shape index (κ1) is 14.0. The molecule has 1 fully saturated rings. The molecule has 0 spiro atoms. The van der Waals surface area contributed by atoms with Gasteiger partial charge in [-0.3, -0.25) is 4.79 Å². The number of nitrogens with zero attached hydrogens (tertiary/aromatic N) is 2. The highest BCUT2D eigenvalue weighted by Gasteiger charge is 2.25. The van der Waals surface area contributed by atoms with Crippen LogP contribution in [-0.4, -0.2) is 47.5 Å². The molecule has 104 valence electrons. The topological polar surface area (TPSA) is 85.5 Å². The summed E-state index contributed by atoms with van der Waals surface area (Å²) in [6, 6.07) is 0.0286. The summed E-state index contributed by atoms with van der Waals surface area (Å²) in [6.45, 7) is 3.26. The van der Waals surface area contributed by atoms with E-state index < -0.39 is 5.97 Å². The van der Waals surface area contributed by atoms with Gasteiger partial charge in [0.05, 0.1) is 6.61 Å². The zero-order valence-electron chi connectivity index (χ0n) is 10.8. The van der Waals surface area contributed by atoms with E-state index in [0.29, 0.717) is 25.4 Å². The van der Waals surface area contributed by atoms with Crippen LogP contribution in [-0.2, 0) is 4.74 Å². The highest BCUT2D eigenvalue weighted by molar-refractivity contribution is 7.11. The maximum absolute atomic E-state index is 12.2. The molecule has 1 unspecified atom stereocenters. The molecule has 7 heteroatoms. The van der Waals surface area contributed by atoms with Crippen molar-refractivity contribution in [3.8, 4) is 0 Å². The largest absolute Gasteiger partial charge is 0.461 e. The molecule has 6 nitrogen and oxygen atoms in total. The van der Waals surface area contributed by atoms with E-state index in [1.54, 1.807) is 17.2 Å². The van der Waals surface area contributed by atoms with E-state index in [0.717, 1.165) is 24.2 Å².